The zero-order valence-electron chi connectivity index (χ0n) is 14.7. The van der Waals surface area contributed by atoms with Crippen molar-refractivity contribution in [2.75, 3.05) is 18.0 Å². The van der Waals surface area contributed by atoms with E-state index in [0.717, 1.165) is 10.8 Å². The Kier molecular flexibility index (Phi) is 4.27. The Morgan fingerprint density at radius 2 is 1.93 bits per heavy atom. The average molecular weight is 367 g/mol. The Morgan fingerprint density at radius 3 is 2.56 bits per heavy atom. The second-order valence-corrected chi connectivity index (χ2v) is 6.48. The fourth-order valence-corrected chi connectivity index (χ4v) is 3.19. The van der Waals surface area contributed by atoms with E-state index >= 15 is 0 Å². The summed E-state index contributed by atoms with van der Waals surface area (Å²) < 4.78 is 21.7. The monoisotopic (exact) mass is 367 g/mol. The molecule has 1 aliphatic heterocycles. The topological polar surface area (TPSA) is 63.6 Å². The van der Waals surface area contributed by atoms with Crippen molar-refractivity contribution in [1.29, 1.82) is 0 Å². The largest absolute Gasteiger partial charge is 0.442 e. The number of nitrogens with zero attached hydrogens (tertiary/aromatic N) is 2. The van der Waals surface area contributed by atoms with Crippen LogP contribution in [0.1, 0.15) is 6.92 Å². The number of fused-ring (bicyclic) bond motifs is 1. The van der Waals surface area contributed by atoms with Crippen LogP contribution in [0.2, 0.25) is 0 Å². The number of ether oxygens (including phenoxy) is 1. The molecule has 4 rings (SSSR count). The van der Waals surface area contributed by atoms with Gasteiger partial charge in [0.25, 0.3) is 0 Å². The molecule has 2 aromatic carbocycles. The van der Waals surface area contributed by atoms with Crippen molar-refractivity contribution in [3.63, 3.8) is 0 Å². The number of carbonyl (C=O) groups is 2. The van der Waals surface area contributed by atoms with Gasteiger partial charge in [-0.15, -0.1) is 0 Å². The third kappa shape index (κ3) is 3.36. The number of cyclic esters (lactones) is 1. The van der Waals surface area contributed by atoms with Crippen LogP contribution in [-0.2, 0) is 9.53 Å². The molecule has 27 heavy (non-hydrogen) atoms. The van der Waals surface area contributed by atoms with Gasteiger partial charge >= 0.3 is 6.09 Å². The number of aromatic nitrogens is 1. The molecule has 0 bridgehead atoms. The maximum absolute atomic E-state index is 14.7. The molecule has 0 aliphatic carbocycles. The molecule has 138 valence electrons. The van der Waals surface area contributed by atoms with Gasteiger partial charge in [0.05, 0.1) is 24.5 Å². The molecule has 1 N–H and O–H groups in total. The lowest BCUT2D eigenvalue weighted by atomic mass is 10.2. The molecule has 0 radical (unpaired) electrons. The van der Waals surface area contributed by atoms with Gasteiger partial charge in [0.1, 0.15) is 11.9 Å². The van der Waals surface area contributed by atoms with Gasteiger partial charge in [-0.1, -0.05) is 24.3 Å². The summed E-state index contributed by atoms with van der Waals surface area (Å²) in [7, 11) is 0. The fourth-order valence-electron chi connectivity index (χ4n) is 3.19. The molecule has 3 aromatic rings. The van der Waals surface area contributed by atoms with E-state index in [1.165, 1.54) is 17.9 Å². The van der Waals surface area contributed by atoms with Crippen LogP contribution in [0.25, 0.3) is 16.5 Å². The molecular weight excluding hydrogens is 349 g/mol. The molecule has 1 fully saturated rings. The van der Waals surface area contributed by atoms with Crippen molar-refractivity contribution in [3.8, 4) is 5.69 Å². The number of halogens is 1. The van der Waals surface area contributed by atoms with Crippen LogP contribution in [0.5, 0.6) is 0 Å². The van der Waals surface area contributed by atoms with E-state index in [1.807, 2.05) is 36.7 Å². The second-order valence-electron chi connectivity index (χ2n) is 6.48. The summed E-state index contributed by atoms with van der Waals surface area (Å²) in [5, 5.41) is 4.65. The smallest absolute Gasteiger partial charge is 0.414 e. The molecule has 0 saturated carbocycles. The van der Waals surface area contributed by atoms with Crippen LogP contribution < -0.4 is 10.2 Å². The van der Waals surface area contributed by atoms with Crippen molar-refractivity contribution in [2.45, 2.75) is 13.0 Å². The summed E-state index contributed by atoms with van der Waals surface area (Å²) in [5.74, 6) is -0.634. The molecule has 2 heterocycles. The summed E-state index contributed by atoms with van der Waals surface area (Å²) in [6.45, 7) is 1.88. The fraction of sp³-hybridized carbons (Fsp3) is 0.200. The Bertz CT molecular complexity index is 997. The molecule has 7 heteroatoms. The number of carbonyl (C=O) groups excluding carboxylic acids is 2. The summed E-state index contributed by atoms with van der Waals surface area (Å²) >= 11 is 0. The third-order valence-electron chi connectivity index (χ3n) is 4.53. The van der Waals surface area contributed by atoms with Gasteiger partial charge in [0.2, 0.25) is 5.91 Å². The van der Waals surface area contributed by atoms with Gasteiger partial charge in [-0.25, -0.2) is 9.18 Å². The lowest BCUT2D eigenvalue weighted by Crippen LogP contribution is -2.33. The van der Waals surface area contributed by atoms with Gasteiger partial charge in [0.15, 0.2) is 0 Å². The number of hydrogen-bond donors (Lipinski definition) is 1. The van der Waals surface area contributed by atoms with E-state index in [1.54, 1.807) is 16.7 Å². The lowest BCUT2D eigenvalue weighted by Gasteiger charge is -2.14. The van der Waals surface area contributed by atoms with E-state index < -0.39 is 18.0 Å². The van der Waals surface area contributed by atoms with Gasteiger partial charge < -0.3 is 14.6 Å². The van der Waals surface area contributed by atoms with Crippen LogP contribution >= 0.6 is 0 Å². The van der Waals surface area contributed by atoms with Gasteiger partial charge in [-0.2, -0.15) is 0 Å². The molecule has 2 amide bonds. The second kappa shape index (κ2) is 6.75. The molecule has 1 aliphatic rings. The predicted molar refractivity (Wildman–Crippen MR) is 99.5 cm³/mol. The highest BCUT2D eigenvalue weighted by atomic mass is 19.1. The normalized spacial score (nSPS) is 16.6. The number of rotatable bonds is 4. The van der Waals surface area contributed by atoms with Crippen molar-refractivity contribution in [2.24, 2.45) is 0 Å². The Balaban J connectivity index is 1.56. The van der Waals surface area contributed by atoms with E-state index in [9.17, 15) is 14.0 Å². The highest BCUT2D eigenvalue weighted by Crippen LogP contribution is 2.27. The minimum atomic E-state index is -0.552. The number of hydrogen-bond acceptors (Lipinski definition) is 3. The highest BCUT2D eigenvalue weighted by Gasteiger charge is 2.32. The molecule has 1 saturated heterocycles. The minimum Gasteiger partial charge on any atom is -0.442 e. The maximum atomic E-state index is 14.7. The van der Waals surface area contributed by atoms with Crippen molar-refractivity contribution >= 4 is 28.5 Å². The molecule has 0 spiro atoms. The van der Waals surface area contributed by atoms with E-state index in [2.05, 4.69) is 5.32 Å². The first-order valence-electron chi connectivity index (χ1n) is 8.60. The number of anilines is 1. The molecule has 1 aromatic heterocycles. The van der Waals surface area contributed by atoms with Crippen LogP contribution in [0, 0.1) is 5.82 Å². The van der Waals surface area contributed by atoms with E-state index in [0.29, 0.717) is 11.4 Å². The summed E-state index contributed by atoms with van der Waals surface area (Å²) in [6, 6.07) is 12.4. The zero-order valence-corrected chi connectivity index (χ0v) is 14.7. The van der Waals surface area contributed by atoms with Crippen molar-refractivity contribution in [3.05, 3.63) is 60.7 Å². The molecular formula is C20H18FN3O3. The van der Waals surface area contributed by atoms with Crippen LogP contribution in [0.3, 0.4) is 0 Å². The Hall–Kier alpha value is -3.35. The predicted octanol–water partition coefficient (Wildman–Crippen LogP) is 3.23. The Morgan fingerprint density at radius 1 is 1.22 bits per heavy atom. The molecule has 0 unspecified atom stereocenters. The summed E-state index contributed by atoms with van der Waals surface area (Å²) in [5.41, 5.74) is 0.820. The SMILES string of the molecule is CC(=O)NC[C@H]1CN(c2ccc(-n3cc4ccccc4c3)c(F)c2)C(=O)O1. The van der Waals surface area contributed by atoms with Gasteiger partial charge in [-0.3, -0.25) is 9.69 Å². The average Bonchev–Trinajstić information content (AvgIpc) is 3.23. The molecule has 1 atom stereocenters. The van der Waals surface area contributed by atoms with Crippen LogP contribution in [0.4, 0.5) is 14.9 Å². The maximum Gasteiger partial charge on any atom is 0.414 e. The highest BCUT2D eigenvalue weighted by molar-refractivity contribution is 5.90. The Labute approximate surface area is 155 Å². The quantitative estimate of drug-likeness (QED) is 0.770. The van der Waals surface area contributed by atoms with Crippen LogP contribution in [0.15, 0.2) is 54.9 Å². The van der Waals surface area contributed by atoms with Crippen molar-refractivity contribution in [1.82, 2.24) is 9.88 Å². The first-order valence-corrected chi connectivity index (χ1v) is 8.60. The minimum absolute atomic E-state index is 0.195. The van der Waals surface area contributed by atoms with Gasteiger partial charge in [0, 0.05) is 19.3 Å². The van der Waals surface area contributed by atoms with Gasteiger partial charge in [-0.05, 0) is 29.0 Å². The molecule has 6 nitrogen and oxygen atoms in total. The number of benzene rings is 2. The van der Waals surface area contributed by atoms with Crippen molar-refractivity contribution < 1.29 is 18.7 Å². The van der Waals surface area contributed by atoms with E-state index in [-0.39, 0.29) is 19.0 Å². The standard InChI is InChI=1S/C20H18FN3O3/c1-13(25)22-9-17-12-24(20(26)27-17)16-6-7-19(18(21)8-16)23-10-14-4-2-3-5-15(14)11-23/h2-8,10-11,17H,9,12H2,1H3,(H,22,25)/t17-/m0/s1. The number of amides is 2. The first kappa shape index (κ1) is 17.1. The summed E-state index contributed by atoms with van der Waals surface area (Å²) in [6.07, 6.45) is 2.71. The third-order valence-corrected chi connectivity index (χ3v) is 4.53. The van der Waals surface area contributed by atoms with Crippen LogP contribution in [-0.4, -0.2) is 35.8 Å². The number of nitrogens with one attached hydrogen (secondary N) is 1. The first-order chi connectivity index (χ1) is 13.0. The zero-order chi connectivity index (χ0) is 19.0. The lowest BCUT2D eigenvalue weighted by molar-refractivity contribution is -0.119. The van der Waals surface area contributed by atoms with E-state index in [4.69, 9.17) is 4.74 Å². The summed E-state index contributed by atoms with van der Waals surface area (Å²) in [4.78, 5) is 24.4.